The molecule has 1 aromatic carbocycles. The number of rotatable bonds is 3. The Morgan fingerprint density at radius 1 is 1.14 bits per heavy atom. The van der Waals surface area contributed by atoms with Crippen molar-refractivity contribution in [2.75, 3.05) is 7.11 Å². The molecule has 0 unspecified atom stereocenters. The fourth-order valence-corrected chi connectivity index (χ4v) is 2.63. The molecule has 74 valence electrons. The van der Waals surface area contributed by atoms with Crippen LogP contribution in [0.25, 0.3) is 0 Å². The molecule has 0 heterocycles. The molecular formula is C13H16O. The normalized spacial score (nSPS) is 23.2. The summed E-state index contributed by atoms with van der Waals surface area (Å²) in [5, 5.41) is 0. The molecule has 0 amide bonds. The third-order valence-corrected chi connectivity index (χ3v) is 3.81. The number of methoxy groups -OCH3 is 1. The number of ether oxygens (including phenoxy) is 1. The van der Waals surface area contributed by atoms with Crippen LogP contribution in [-0.4, -0.2) is 7.11 Å². The van der Waals surface area contributed by atoms with Gasteiger partial charge in [-0.2, -0.15) is 0 Å². The molecule has 1 heteroatoms. The molecule has 0 atom stereocenters. The van der Waals surface area contributed by atoms with Gasteiger partial charge in [-0.1, -0.05) is 12.1 Å². The monoisotopic (exact) mass is 188 g/mol. The zero-order valence-corrected chi connectivity index (χ0v) is 8.62. The van der Waals surface area contributed by atoms with E-state index in [2.05, 4.69) is 24.3 Å². The Balaban J connectivity index is 1.89. The summed E-state index contributed by atoms with van der Waals surface area (Å²) < 4.78 is 5.18. The van der Waals surface area contributed by atoms with Crippen LogP contribution in [0.15, 0.2) is 24.3 Å². The van der Waals surface area contributed by atoms with Gasteiger partial charge < -0.3 is 4.74 Å². The summed E-state index contributed by atoms with van der Waals surface area (Å²) in [6.45, 7) is 0. The second-order valence-corrected chi connectivity index (χ2v) is 4.66. The highest BCUT2D eigenvalue weighted by Gasteiger charge is 2.54. The van der Waals surface area contributed by atoms with Crippen molar-refractivity contribution in [2.24, 2.45) is 5.92 Å². The van der Waals surface area contributed by atoms with Crippen molar-refractivity contribution in [1.82, 2.24) is 0 Å². The highest BCUT2D eigenvalue weighted by atomic mass is 16.5. The lowest BCUT2D eigenvalue weighted by Crippen LogP contribution is -2.08. The smallest absolute Gasteiger partial charge is 0.118 e. The van der Waals surface area contributed by atoms with Crippen LogP contribution in [0.4, 0.5) is 0 Å². The van der Waals surface area contributed by atoms with Crippen LogP contribution in [0.3, 0.4) is 0 Å². The van der Waals surface area contributed by atoms with Gasteiger partial charge in [-0.05, 0) is 54.7 Å². The average molecular weight is 188 g/mol. The fourth-order valence-electron chi connectivity index (χ4n) is 2.63. The topological polar surface area (TPSA) is 9.23 Å². The molecule has 2 fully saturated rings. The molecule has 1 aromatic rings. The lowest BCUT2D eigenvalue weighted by atomic mass is 9.91. The Labute approximate surface area is 85.1 Å². The maximum Gasteiger partial charge on any atom is 0.118 e. The molecule has 0 saturated heterocycles. The van der Waals surface area contributed by atoms with Crippen LogP contribution < -0.4 is 4.74 Å². The zero-order valence-electron chi connectivity index (χ0n) is 8.62. The summed E-state index contributed by atoms with van der Waals surface area (Å²) in [6, 6.07) is 8.70. The summed E-state index contributed by atoms with van der Waals surface area (Å²) in [7, 11) is 1.72. The zero-order chi connectivity index (χ0) is 9.60. The summed E-state index contributed by atoms with van der Waals surface area (Å²) in [5.41, 5.74) is 2.13. The average Bonchev–Trinajstić information content (AvgIpc) is 3.07. The summed E-state index contributed by atoms with van der Waals surface area (Å²) >= 11 is 0. The molecule has 2 saturated carbocycles. The first kappa shape index (κ1) is 8.34. The summed E-state index contributed by atoms with van der Waals surface area (Å²) in [6.07, 6.45) is 5.71. The quantitative estimate of drug-likeness (QED) is 0.708. The highest BCUT2D eigenvalue weighted by molar-refractivity contribution is 5.38. The molecule has 2 aliphatic carbocycles. The second kappa shape index (κ2) is 2.75. The SMILES string of the molecule is COc1ccc(C2(C3CC3)CC2)cc1. The molecule has 1 nitrogen and oxygen atoms in total. The fraction of sp³-hybridized carbons (Fsp3) is 0.538. The van der Waals surface area contributed by atoms with Gasteiger partial charge in [0.05, 0.1) is 7.11 Å². The Kier molecular flexibility index (Phi) is 1.64. The van der Waals surface area contributed by atoms with E-state index in [1.165, 1.54) is 25.7 Å². The Morgan fingerprint density at radius 3 is 2.21 bits per heavy atom. The van der Waals surface area contributed by atoms with Crippen molar-refractivity contribution in [3.05, 3.63) is 29.8 Å². The van der Waals surface area contributed by atoms with Gasteiger partial charge in [0.1, 0.15) is 5.75 Å². The van der Waals surface area contributed by atoms with Crippen LogP contribution >= 0.6 is 0 Å². The molecule has 0 N–H and O–H groups in total. The van der Waals surface area contributed by atoms with Crippen molar-refractivity contribution in [3.63, 3.8) is 0 Å². The van der Waals surface area contributed by atoms with Crippen molar-refractivity contribution in [1.29, 1.82) is 0 Å². The van der Waals surface area contributed by atoms with E-state index in [1.54, 1.807) is 12.7 Å². The standard InChI is InChI=1S/C13H16O/c1-14-12-6-4-11(5-7-12)13(8-9-13)10-2-3-10/h4-7,10H,2-3,8-9H2,1H3. The van der Waals surface area contributed by atoms with E-state index in [0.717, 1.165) is 11.7 Å². The molecule has 0 spiro atoms. The van der Waals surface area contributed by atoms with Crippen molar-refractivity contribution < 1.29 is 4.74 Å². The van der Waals surface area contributed by atoms with Crippen LogP contribution in [0.1, 0.15) is 31.2 Å². The van der Waals surface area contributed by atoms with Gasteiger partial charge in [0.15, 0.2) is 0 Å². The van der Waals surface area contributed by atoms with Crippen LogP contribution in [0, 0.1) is 5.92 Å². The van der Waals surface area contributed by atoms with Crippen LogP contribution in [0.5, 0.6) is 5.75 Å². The Hall–Kier alpha value is -0.980. The first-order valence-corrected chi connectivity index (χ1v) is 5.50. The Bertz CT molecular complexity index is 331. The summed E-state index contributed by atoms with van der Waals surface area (Å²) in [4.78, 5) is 0. The van der Waals surface area contributed by atoms with E-state index in [-0.39, 0.29) is 0 Å². The third kappa shape index (κ3) is 1.15. The van der Waals surface area contributed by atoms with Crippen molar-refractivity contribution in [3.8, 4) is 5.75 Å². The van der Waals surface area contributed by atoms with Gasteiger partial charge >= 0.3 is 0 Å². The van der Waals surface area contributed by atoms with Gasteiger partial charge in [0.2, 0.25) is 0 Å². The van der Waals surface area contributed by atoms with Crippen molar-refractivity contribution >= 4 is 0 Å². The molecule has 0 radical (unpaired) electrons. The van der Waals surface area contributed by atoms with Gasteiger partial charge in [-0.25, -0.2) is 0 Å². The second-order valence-electron chi connectivity index (χ2n) is 4.66. The molecule has 0 aromatic heterocycles. The maximum atomic E-state index is 5.18. The molecule has 3 rings (SSSR count). The van der Waals surface area contributed by atoms with Gasteiger partial charge in [0.25, 0.3) is 0 Å². The first-order chi connectivity index (χ1) is 6.85. The molecule has 2 aliphatic rings. The largest absolute Gasteiger partial charge is 0.497 e. The Morgan fingerprint density at radius 2 is 1.79 bits per heavy atom. The van der Waals surface area contributed by atoms with Crippen LogP contribution in [0.2, 0.25) is 0 Å². The lowest BCUT2D eigenvalue weighted by Gasteiger charge is -2.14. The number of hydrogen-bond donors (Lipinski definition) is 0. The molecule has 14 heavy (non-hydrogen) atoms. The van der Waals surface area contributed by atoms with E-state index < -0.39 is 0 Å². The van der Waals surface area contributed by atoms with Gasteiger partial charge in [-0.15, -0.1) is 0 Å². The minimum atomic E-state index is 0.590. The van der Waals surface area contributed by atoms with E-state index in [1.807, 2.05) is 0 Å². The predicted molar refractivity (Wildman–Crippen MR) is 56.6 cm³/mol. The molecule has 0 bridgehead atoms. The molecule has 0 aliphatic heterocycles. The van der Waals surface area contributed by atoms with Gasteiger partial charge in [0, 0.05) is 0 Å². The minimum absolute atomic E-state index is 0.590. The van der Waals surface area contributed by atoms with Crippen LogP contribution in [-0.2, 0) is 5.41 Å². The first-order valence-electron chi connectivity index (χ1n) is 5.50. The third-order valence-electron chi connectivity index (χ3n) is 3.81. The van der Waals surface area contributed by atoms with E-state index >= 15 is 0 Å². The minimum Gasteiger partial charge on any atom is -0.497 e. The van der Waals surface area contributed by atoms with Crippen molar-refractivity contribution in [2.45, 2.75) is 31.1 Å². The van der Waals surface area contributed by atoms with Gasteiger partial charge in [-0.3, -0.25) is 0 Å². The molecular weight excluding hydrogens is 172 g/mol. The maximum absolute atomic E-state index is 5.18. The predicted octanol–water partition coefficient (Wildman–Crippen LogP) is 3.14. The summed E-state index contributed by atoms with van der Waals surface area (Å²) in [5.74, 6) is 1.97. The van der Waals surface area contributed by atoms with E-state index in [4.69, 9.17) is 4.74 Å². The highest BCUT2D eigenvalue weighted by Crippen LogP contribution is 2.62. The number of hydrogen-bond acceptors (Lipinski definition) is 1. The lowest BCUT2D eigenvalue weighted by molar-refractivity contribution is 0.414. The van der Waals surface area contributed by atoms with E-state index in [0.29, 0.717) is 5.41 Å². The number of benzene rings is 1. The van der Waals surface area contributed by atoms with E-state index in [9.17, 15) is 0 Å².